The molecule has 25 heavy (non-hydrogen) atoms. The normalized spacial score (nSPS) is 15.1. The molecule has 4 rings (SSSR count). The van der Waals surface area contributed by atoms with Crippen LogP contribution >= 0.6 is 11.3 Å². The van der Waals surface area contributed by atoms with E-state index < -0.39 is 6.04 Å². The van der Waals surface area contributed by atoms with Gasteiger partial charge in [0.15, 0.2) is 10.9 Å². The van der Waals surface area contributed by atoms with Crippen molar-refractivity contribution in [3.8, 4) is 11.5 Å². The largest absolute Gasteiger partial charge is 0.463 e. The number of amides is 1. The SMILES string of the molecule is CC(C(=O)Nc1nc(-c2ccco2)cs1)n1nc(C2CC2)ccc1=O. The Labute approximate surface area is 147 Å². The Morgan fingerprint density at radius 2 is 2.24 bits per heavy atom. The smallest absolute Gasteiger partial charge is 0.267 e. The fraction of sp³-hybridized carbons (Fsp3) is 0.294. The van der Waals surface area contributed by atoms with Crippen molar-refractivity contribution in [2.75, 3.05) is 5.32 Å². The maximum absolute atomic E-state index is 12.5. The number of thiazole rings is 1. The van der Waals surface area contributed by atoms with Gasteiger partial charge in [-0.25, -0.2) is 9.67 Å². The van der Waals surface area contributed by atoms with Crippen LogP contribution in [-0.4, -0.2) is 20.7 Å². The molecule has 0 aromatic carbocycles. The molecule has 1 fully saturated rings. The first-order valence-corrected chi connectivity index (χ1v) is 8.90. The van der Waals surface area contributed by atoms with Gasteiger partial charge in [-0.05, 0) is 38.0 Å². The molecule has 7 nitrogen and oxygen atoms in total. The molecule has 0 saturated heterocycles. The van der Waals surface area contributed by atoms with E-state index in [1.807, 2.05) is 0 Å². The van der Waals surface area contributed by atoms with Gasteiger partial charge in [-0.15, -0.1) is 11.3 Å². The number of aromatic nitrogens is 3. The first kappa shape index (κ1) is 15.8. The lowest BCUT2D eigenvalue weighted by Crippen LogP contribution is -2.33. The summed E-state index contributed by atoms with van der Waals surface area (Å²) in [4.78, 5) is 28.9. The fourth-order valence-electron chi connectivity index (χ4n) is 2.50. The van der Waals surface area contributed by atoms with Gasteiger partial charge in [0.25, 0.3) is 11.5 Å². The Bertz CT molecular complexity index is 956. The predicted molar refractivity (Wildman–Crippen MR) is 93.6 cm³/mol. The standard InChI is InChI=1S/C17H16N4O3S/c1-10(21-15(22)7-6-12(20-21)11-4-5-11)16(23)19-17-18-13(9-25-17)14-3-2-8-24-14/h2-3,6-11H,4-5H2,1H3,(H,18,19,23). The molecule has 3 aromatic heterocycles. The van der Waals surface area contributed by atoms with Crippen LogP contribution in [0, 0.1) is 0 Å². The third kappa shape index (κ3) is 3.25. The van der Waals surface area contributed by atoms with Crippen LogP contribution in [0.4, 0.5) is 5.13 Å². The number of hydrogen-bond acceptors (Lipinski definition) is 6. The summed E-state index contributed by atoms with van der Waals surface area (Å²) in [5.74, 6) is 0.722. The third-order valence-electron chi connectivity index (χ3n) is 4.10. The highest BCUT2D eigenvalue weighted by Gasteiger charge is 2.27. The molecular formula is C17H16N4O3S. The Hall–Kier alpha value is -2.74. The average Bonchev–Trinajstić information content (AvgIpc) is 3.11. The lowest BCUT2D eigenvalue weighted by Gasteiger charge is -2.13. The predicted octanol–water partition coefficient (Wildman–Crippen LogP) is 3.04. The monoisotopic (exact) mass is 356 g/mol. The van der Waals surface area contributed by atoms with Crippen molar-refractivity contribution in [3.05, 3.63) is 52.0 Å². The highest BCUT2D eigenvalue weighted by molar-refractivity contribution is 7.14. The van der Waals surface area contributed by atoms with Gasteiger partial charge in [0.1, 0.15) is 11.7 Å². The number of hydrogen-bond donors (Lipinski definition) is 1. The van der Waals surface area contributed by atoms with Gasteiger partial charge in [-0.3, -0.25) is 9.59 Å². The van der Waals surface area contributed by atoms with Crippen molar-refractivity contribution < 1.29 is 9.21 Å². The highest BCUT2D eigenvalue weighted by atomic mass is 32.1. The number of carbonyl (C=O) groups is 1. The van der Waals surface area contributed by atoms with Gasteiger partial charge in [0.05, 0.1) is 12.0 Å². The van der Waals surface area contributed by atoms with E-state index in [0.29, 0.717) is 22.5 Å². The van der Waals surface area contributed by atoms with E-state index in [4.69, 9.17) is 4.42 Å². The molecule has 0 bridgehead atoms. The molecule has 128 valence electrons. The molecule has 8 heteroatoms. The molecule has 3 heterocycles. The second kappa shape index (κ2) is 6.29. The molecule has 1 unspecified atom stereocenters. The van der Waals surface area contributed by atoms with E-state index in [1.54, 1.807) is 36.8 Å². The zero-order valence-corrected chi connectivity index (χ0v) is 14.3. The van der Waals surface area contributed by atoms with E-state index in [-0.39, 0.29) is 11.5 Å². The van der Waals surface area contributed by atoms with Crippen LogP contribution < -0.4 is 10.9 Å². The summed E-state index contributed by atoms with van der Waals surface area (Å²) in [6.45, 7) is 1.65. The van der Waals surface area contributed by atoms with Crippen LogP contribution in [-0.2, 0) is 4.79 Å². The summed E-state index contributed by atoms with van der Waals surface area (Å²) in [5.41, 5.74) is 1.24. The maximum atomic E-state index is 12.5. The topological polar surface area (TPSA) is 90.0 Å². The van der Waals surface area contributed by atoms with Gasteiger partial charge < -0.3 is 9.73 Å². The van der Waals surface area contributed by atoms with Gasteiger partial charge in [0, 0.05) is 17.4 Å². The van der Waals surface area contributed by atoms with Crippen LogP contribution in [0.1, 0.15) is 37.4 Å². The number of anilines is 1. The highest BCUT2D eigenvalue weighted by Crippen LogP contribution is 2.38. The quantitative estimate of drug-likeness (QED) is 0.759. The minimum absolute atomic E-state index is 0.289. The summed E-state index contributed by atoms with van der Waals surface area (Å²) >= 11 is 1.30. The van der Waals surface area contributed by atoms with Crippen LogP contribution in [0.15, 0.2) is 45.1 Å². The number of furan rings is 1. The number of nitrogens with zero attached hydrogens (tertiary/aromatic N) is 3. The van der Waals surface area contributed by atoms with Crippen LogP contribution in [0.25, 0.3) is 11.5 Å². The molecule has 1 N–H and O–H groups in total. The lowest BCUT2D eigenvalue weighted by molar-refractivity contribution is -0.119. The van der Waals surface area contributed by atoms with Crippen LogP contribution in [0.2, 0.25) is 0 Å². The summed E-state index contributed by atoms with van der Waals surface area (Å²) in [6, 6.07) is 6.08. The van der Waals surface area contributed by atoms with Gasteiger partial charge in [-0.2, -0.15) is 5.10 Å². The Balaban J connectivity index is 1.51. The van der Waals surface area contributed by atoms with Crippen molar-refractivity contribution in [2.45, 2.75) is 31.7 Å². The van der Waals surface area contributed by atoms with Crippen molar-refractivity contribution in [3.63, 3.8) is 0 Å². The second-order valence-electron chi connectivity index (χ2n) is 6.00. The molecule has 1 aliphatic rings. The molecule has 1 amide bonds. The summed E-state index contributed by atoms with van der Waals surface area (Å²) in [6.07, 6.45) is 3.74. The molecule has 0 spiro atoms. The lowest BCUT2D eigenvalue weighted by atomic mass is 10.2. The minimum Gasteiger partial charge on any atom is -0.463 e. The summed E-state index contributed by atoms with van der Waals surface area (Å²) in [7, 11) is 0. The molecule has 1 aliphatic carbocycles. The molecule has 1 atom stereocenters. The maximum Gasteiger partial charge on any atom is 0.267 e. The van der Waals surface area contributed by atoms with E-state index in [2.05, 4.69) is 15.4 Å². The number of carbonyl (C=O) groups excluding carboxylic acids is 1. The van der Waals surface area contributed by atoms with E-state index in [1.165, 1.54) is 22.1 Å². The van der Waals surface area contributed by atoms with E-state index in [0.717, 1.165) is 18.5 Å². The van der Waals surface area contributed by atoms with Gasteiger partial charge in [-0.1, -0.05) is 0 Å². The van der Waals surface area contributed by atoms with Crippen LogP contribution in [0.5, 0.6) is 0 Å². The van der Waals surface area contributed by atoms with Crippen LogP contribution in [0.3, 0.4) is 0 Å². The zero-order chi connectivity index (χ0) is 17.4. The van der Waals surface area contributed by atoms with Crippen molar-refractivity contribution in [1.29, 1.82) is 0 Å². The molecule has 0 radical (unpaired) electrons. The molecule has 0 aliphatic heterocycles. The van der Waals surface area contributed by atoms with Crippen molar-refractivity contribution >= 4 is 22.4 Å². The van der Waals surface area contributed by atoms with E-state index in [9.17, 15) is 9.59 Å². The third-order valence-corrected chi connectivity index (χ3v) is 4.85. The fourth-order valence-corrected chi connectivity index (χ4v) is 3.21. The first-order chi connectivity index (χ1) is 12.1. The average molecular weight is 356 g/mol. The van der Waals surface area contributed by atoms with Crippen molar-refractivity contribution in [2.24, 2.45) is 0 Å². The zero-order valence-electron chi connectivity index (χ0n) is 13.5. The van der Waals surface area contributed by atoms with Crippen molar-refractivity contribution in [1.82, 2.24) is 14.8 Å². The molecule has 1 saturated carbocycles. The molecular weight excluding hydrogens is 340 g/mol. The second-order valence-corrected chi connectivity index (χ2v) is 6.85. The first-order valence-electron chi connectivity index (χ1n) is 8.02. The minimum atomic E-state index is -0.720. The Morgan fingerprint density at radius 3 is 2.96 bits per heavy atom. The van der Waals surface area contributed by atoms with Gasteiger partial charge in [0.2, 0.25) is 0 Å². The summed E-state index contributed by atoms with van der Waals surface area (Å²) < 4.78 is 6.53. The van der Waals surface area contributed by atoms with E-state index >= 15 is 0 Å². The Kier molecular flexibility index (Phi) is 3.96. The number of nitrogens with one attached hydrogen (secondary N) is 1. The number of rotatable bonds is 5. The molecule has 3 aromatic rings. The summed E-state index contributed by atoms with van der Waals surface area (Å²) in [5, 5.41) is 9.35. The van der Waals surface area contributed by atoms with Gasteiger partial charge >= 0.3 is 0 Å². The Morgan fingerprint density at radius 1 is 1.40 bits per heavy atom.